The molecule has 0 radical (unpaired) electrons. The number of anilines is 3. The van der Waals surface area contributed by atoms with Gasteiger partial charge in [-0.2, -0.15) is 13.2 Å². The Morgan fingerprint density at radius 2 is 1.90 bits per heavy atom. The van der Waals surface area contributed by atoms with E-state index in [1.807, 2.05) is 30.5 Å². The lowest BCUT2D eigenvalue weighted by Crippen LogP contribution is -2.25. The lowest BCUT2D eigenvalue weighted by Gasteiger charge is -2.21. The number of alkyl halides is 3. The molecule has 0 unspecified atom stereocenters. The van der Waals surface area contributed by atoms with E-state index in [1.54, 1.807) is 12.1 Å². The molecule has 0 spiro atoms. The zero-order valence-corrected chi connectivity index (χ0v) is 16.4. The first-order valence-corrected chi connectivity index (χ1v) is 9.62. The van der Waals surface area contributed by atoms with Crippen LogP contribution in [0.5, 0.6) is 0 Å². The number of aromatic nitrogens is 2. The molecule has 2 N–H and O–H groups in total. The minimum Gasteiger partial charge on any atom is -0.361 e. The zero-order valence-electron chi connectivity index (χ0n) is 16.4. The predicted octanol–water partition coefficient (Wildman–Crippen LogP) is 5.53. The molecule has 0 bridgehead atoms. The quantitative estimate of drug-likeness (QED) is 0.384. The number of aromatic amines is 1. The largest absolute Gasteiger partial charge is 0.416 e. The minimum atomic E-state index is -4.45. The Hall–Kier alpha value is -3.81. The van der Waals surface area contributed by atoms with Gasteiger partial charge in [0.1, 0.15) is 0 Å². The summed E-state index contributed by atoms with van der Waals surface area (Å²) in [5, 5.41) is 3.99. The first kappa shape index (κ1) is 20.5. The van der Waals surface area contributed by atoms with Crippen molar-refractivity contribution in [2.45, 2.75) is 12.6 Å². The van der Waals surface area contributed by atoms with Gasteiger partial charge in [-0.15, -0.1) is 0 Å². The third kappa shape index (κ3) is 4.53. The van der Waals surface area contributed by atoms with Gasteiger partial charge in [0.15, 0.2) is 5.82 Å². The molecule has 1 amide bonds. The first-order chi connectivity index (χ1) is 15.0. The second-order valence-electron chi connectivity index (χ2n) is 6.98. The van der Waals surface area contributed by atoms with Crippen molar-refractivity contribution in [3.05, 3.63) is 84.2 Å². The third-order valence-electron chi connectivity index (χ3n) is 4.97. The number of hydrogen-bond donors (Lipinski definition) is 2. The molecule has 0 saturated heterocycles. The van der Waals surface area contributed by atoms with Gasteiger partial charge in [-0.1, -0.05) is 24.3 Å². The first-order valence-electron chi connectivity index (χ1n) is 9.62. The highest BCUT2D eigenvalue weighted by molar-refractivity contribution is 5.85. The van der Waals surface area contributed by atoms with Crippen molar-refractivity contribution in [1.29, 1.82) is 0 Å². The van der Waals surface area contributed by atoms with Gasteiger partial charge in [0.25, 0.3) is 0 Å². The predicted molar refractivity (Wildman–Crippen MR) is 114 cm³/mol. The number of halogens is 3. The number of carbonyl (C=O) groups is 1. The molecular weight excluding hydrogens is 405 g/mol. The molecule has 158 valence electrons. The number of fused-ring (bicyclic) bond motifs is 1. The molecule has 2 aromatic carbocycles. The minimum absolute atomic E-state index is 0.234. The molecule has 0 fully saturated rings. The Morgan fingerprint density at radius 3 is 2.71 bits per heavy atom. The summed E-state index contributed by atoms with van der Waals surface area (Å²) in [6.45, 7) is 0.383. The van der Waals surface area contributed by atoms with Gasteiger partial charge in [-0.25, -0.2) is 4.98 Å². The molecule has 0 aliphatic rings. The maximum atomic E-state index is 13.0. The second kappa shape index (κ2) is 8.51. The van der Waals surface area contributed by atoms with Gasteiger partial charge in [0, 0.05) is 35.5 Å². The number of pyridine rings is 1. The third-order valence-corrected chi connectivity index (χ3v) is 4.97. The molecule has 0 aliphatic heterocycles. The zero-order chi connectivity index (χ0) is 21.8. The normalized spacial score (nSPS) is 11.5. The summed E-state index contributed by atoms with van der Waals surface area (Å²) in [6, 6.07) is 16.1. The number of hydrogen-bond acceptors (Lipinski definition) is 3. The van der Waals surface area contributed by atoms with Crippen LogP contribution in [-0.2, 0) is 17.4 Å². The average Bonchev–Trinajstić information content (AvgIpc) is 3.18. The van der Waals surface area contributed by atoms with E-state index >= 15 is 0 Å². The summed E-state index contributed by atoms with van der Waals surface area (Å²) in [5.74, 6) is 0.299. The Labute approximate surface area is 176 Å². The smallest absolute Gasteiger partial charge is 0.361 e. The van der Waals surface area contributed by atoms with Crippen LogP contribution in [0.4, 0.5) is 30.4 Å². The van der Waals surface area contributed by atoms with Crippen LogP contribution in [0.3, 0.4) is 0 Å². The van der Waals surface area contributed by atoms with Crippen LogP contribution in [0.25, 0.3) is 10.9 Å². The summed E-state index contributed by atoms with van der Waals surface area (Å²) in [7, 11) is 0. The monoisotopic (exact) mass is 424 g/mol. The standard InChI is InChI=1S/C23H19F3N4O/c24-23(25,26)17-5-3-6-18(13-17)29-22-21(9-4-11-27-22)30(15-31)12-10-16-14-28-20-8-2-1-7-19(16)20/h1-9,11,13-15,28H,10,12H2,(H,27,29). The van der Waals surface area contributed by atoms with Gasteiger partial charge in [0.2, 0.25) is 6.41 Å². The Morgan fingerprint density at radius 1 is 1.06 bits per heavy atom. The molecule has 31 heavy (non-hydrogen) atoms. The van der Waals surface area contributed by atoms with Crippen LogP contribution in [0, 0.1) is 0 Å². The SMILES string of the molecule is O=CN(CCc1c[nH]c2ccccc12)c1cccnc1Nc1cccc(C(F)(F)F)c1. The maximum Gasteiger partial charge on any atom is 0.416 e. The van der Waals surface area contributed by atoms with Crippen molar-refractivity contribution in [2.24, 2.45) is 0 Å². The average molecular weight is 424 g/mol. The number of amides is 1. The summed E-state index contributed by atoms with van der Waals surface area (Å²) in [6.07, 6.45) is 0.281. The van der Waals surface area contributed by atoms with Gasteiger partial charge in [-0.3, -0.25) is 4.79 Å². The number of nitrogens with one attached hydrogen (secondary N) is 2. The van der Waals surface area contributed by atoms with Crippen LogP contribution in [-0.4, -0.2) is 22.9 Å². The van der Waals surface area contributed by atoms with E-state index in [4.69, 9.17) is 0 Å². The highest BCUT2D eigenvalue weighted by Crippen LogP contribution is 2.32. The Bertz CT molecular complexity index is 1200. The fourth-order valence-electron chi connectivity index (χ4n) is 3.44. The molecule has 8 heteroatoms. The lowest BCUT2D eigenvalue weighted by atomic mass is 10.1. The van der Waals surface area contributed by atoms with Gasteiger partial charge in [0.05, 0.1) is 11.3 Å². The number of benzene rings is 2. The summed E-state index contributed by atoms with van der Waals surface area (Å²) >= 11 is 0. The van der Waals surface area contributed by atoms with Crippen LogP contribution in [0.1, 0.15) is 11.1 Å². The molecular formula is C23H19F3N4O. The fourth-order valence-corrected chi connectivity index (χ4v) is 3.44. The highest BCUT2D eigenvalue weighted by atomic mass is 19.4. The number of carbonyl (C=O) groups excluding carboxylic acids is 1. The van der Waals surface area contributed by atoms with Crippen LogP contribution < -0.4 is 10.2 Å². The van der Waals surface area contributed by atoms with Crippen molar-refractivity contribution >= 4 is 34.5 Å². The van der Waals surface area contributed by atoms with Gasteiger partial charge >= 0.3 is 6.18 Å². The van der Waals surface area contributed by atoms with E-state index in [0.717, 1.165) is 28.6 Å². The topological polar surface area (TPSA) is 61.0 Å². The molecule has 5 nitrogen and oxygen atoms in total. The van der Waals surface area contributed by atoms with Crippen molar-refractivity contribution in [2.75, 3.05) is 16.8 Å². The summed E-state index contributed by atoms with van der Waals surface area (Å²) < 4.78 is 39.0. The lowest BCUT2D eigenvalue weighted by molar-refractivity contribution is -0.137. The van der Waals surface area contributed by atoms with E-state index in [0.29, 0.717) is 30.9 Å². The number of rotatable bonds is 7. The highest BCUT2D eigenvalue weighted by Gasteiger charge is 2.30. The summed E-state index contributed by atoms with van der Waals surface area (Å²) in [5.41, 5.74) is 2.04. The Balaban J connectivity index is 1.56. The molecule has 2 aromatic heterocycles. The van der Waals surface area contributed by atoms with E-state index in [2.05, 4.69) is 15.3 Å². The van der Waals surface area contributed by atoms with Crippen LogP contribution in [0.2, 0.25) is 0 Å². The van der Waals surface area contributed by atoms with Crippen molar-refractivity contribution < 1.29 is 18.0 Å². The van der Waals surface area contributed by atoms with Crippen LogP contribution >= 0.6 is 0 Å². The van der Waals surface area contributed by atoms with Crippen molar-refractivity contribution in [3.63, 3.8) is 0 Å². The number of H-pyrrole nitrogens is 1. The molecule has 0 aliphatic carbocycles. The second-order valence-corrected chi connectivity index (χ2v) is 6.98. The maximum absolute atomic E-state index is 13.0. The van der Waals surface area contributed by atoms with Crippen LogP contribution in [0.15, 0.2) is 73.1 Å². The van der Waals surface area contributed by atoms with Crippen molar-refractivity contribution in [3.8, 4) is 0 Å². The van der Waals surface area contributed by atoms with E-state index in [-0.39, 0.29) is 5.69 Å². The molecule has 4 rings (SSSR count). The summed E-state index contributed by atoms with van der Waals surface area (Å²) in [4.78, 5) is 20.8. The van der Waals surface area contributed by atoms with E-state index in [9.17, 15) is 18.0 Å². The van der Waals surface area contributed by atoms with E-state index < -0.39 is 11.7 Å². The molecule has 0 atom stereocenters. The molecule has 0 saturated carbocycles. The number of para-hydroxylation sites is 1. The van der Waals surface area contributed by atoms with Crippen molar-refractivity contribution in [1.82, 2.24) is 9.97 Å². The molecule has 2 heterocycles. The Kier molecular flexibility index (Phi) is 5.62. The fraction of sp³-hybridized carbons (Fsp3) is 0.130. The van der Waals surface area contributed by atoms with Gasteiger partial charge in [-0.05, 0) is 48.4 Å². The molecule has 4 aromatic rings. The van der Waals surface area contributed by atoms with Gasteiger partial charge < -0.3 is 15.2 Å². The number of nitrogens with zero attached hydrogens (tertiary/aromatic N) is 2. The van der Waals surface area contributed by atoms with E-state index in [1.165, 1.54) is 23.2 Å².